The van der Waals surface area contributed by atoms with E-state index in [2.05, 4.69) is 51.1 Å². The van der Waals surface area contributed by atoms with Crippen LogP contribution in [0.25, 0.3) is 11.3 Å². The number of rotatable bonds is 8. The Bertz CT molecular complexity index is 1100. The van der Waals surface area contributed by atoms with E-state index < -0.39 is 17.2 Å². The van der Waals surface area contributed by atoms with Crippen LogP contribution in [0.15, 0.2) is 12.3 Å². The first-order valence-electron chi connectivity index (χ1n) is 13.0. The molecule has 0 radical (unpaired) electrons. The van der Waals surface area contributed by atoms with E-state index in [4.69, 9.17) is 25.0 Å². The SMILES string of the molecule is CCc1cc(CCC(C)(C)C)ncc1-c1c(Cl)c(C(=O)NCC2(O)CCC(C)CC2)nn1CC.O=S=O. The lowest BCUT2D eigenvalue weighted by Gasteiger charge is -2.34. The highest BCUT2D eigenvalue weighted by molar-refractivity contribution is 7.51. The molecule has 0 atom stereocenters. The average Bonchev–Trinajstić information content (AvgIpc) is 3.19. The van der Waals surface area contributed by atoms with E-state index in [1.807, 2.05) is 13.1 Å². The molecule has 0 saturated heterocycles. The van der Waals surface area contributed by atoms with Gasteiger partial charge in [-0.1, -0.05) is 46.2 Å². The number of aliphatic hydroxyl groups is 1. The summed E-state index contributed by atoms with van der Waals surface area (Å²) < 4.78 is 18.4. The van der Waals surface area contributed by atoms with Gasteiger partial charge in [0.15, 0.2) is 5.69 Å². The minimum atomic E-state index is -0.854. The summed E-state index contributed by atoms with van der Waals surface area (Å²) in [4.78, 5) is 17.7. The summed E-state index contributed by atoms with van der Waals surface area (Å²) >= 11 is 6.02. The summed E-state index contributed by atoms with van der Waals surface area (Å²) in [6, 6.07) is 2.16. The second-order valence-electron chi connectivity index (χ2n) is 11.2. The summed E-state index contributed by atoms with van der Waals surface area (Å²) in [6.45, 7) is 13.8. The first-order chi connectivity index (χ1) is 17.4. The molecule has 10 heteroatoms. The lowest BCUT2D eigenvalue weighted by atomic mass is 9.79. The zero-order chi connectivity index (χ0) is 27.8. The van der Waals surface area contributed by atoms with Crippen molar-refractivity contribution in [2.75, 3.05) is 6.54 Å². The Morgan fingerprint density at radius 3 is 2.43 bits per heavy atom. The third-order valence-corrected chi connectivity index (χ3v) is 7.36. The lowest BCUT2D eigenvalue weighted by molar-refractivity contribution is -0.00544. The van der Waals surface area contributed by atoms with E-state index in [1.165, 1.54) is 0 Å². The van der Waals surface area contributed by atoms with Crippen LogP contribution in [0.5, 0.6) is 0 Å². The Hall–Kier alpha value is -2.10. The second-order valence-corrected chi connectivity index (χ2v) is 11.7. The molecule has 2 heterocycles. The molecule has 0 aromatic carbocycles. The summed E-state index contributed by atoms with van der Waals surface area (Å²) in [5.41, 5.74) is 3.46. The lowest BCUT2D eigenvalue weighted by Crippen LogP contribution is -2.45. The van der Waals surface area contributed by atoms with E-state index in [9.17, 15) is 9.90 Å². The Labute approximate surface area is 229 Å². The van der Waals surface area contributed by atoms with E-state index in [1.54, 1.807) is 4.68 Å². The van der Waals surface area contributed by atoms with Gasteiger partial charge in [0.05, 0.1) is 16.3 Å². The molecular formula is C27H41ClN4O4S. The zero-order valence-electron chi connectivity index (χ0n) is 22.9. The van der Waals surface area contributed by atoms with Crippen LogP contribution < -0.4 is 5.32 Å². The van der Waals surface area contributed by atoms with Gasteiger partial charge in [-0.25, -0.2) is 0 Å². The molecule has 1 aliphatic carbocycles. The highest BCUT2D eigenvalue weighted by Crippen LogP contribution is 2.35. The fourth-order valence-electron chi connectivity index (χ4n) is 4.57. The van der Waals surface area contributed by atoms with Gasteiger partial charge in [0.1, 0.15) is 0 Å². The summed E-state index contributed by atoms with van der Waals surface area (Å²) in [7, 11) is 0. The number of hydrogen-bond donors (Lipinski definition) is 2. The van der Waals surface area contributed by atoms with Crippen molar-refractivity contribution in [2.24, 2.45) is 11.3 Å². The van der Waals surface area contributed by atoms with Gasteiger partial charge in [0.25, 0.3) is 5.91 Å². The van der Waals surface area contributed by atoms with Gasteiger partial charge in [-0.15, -0.1) is 0 Å². The molecule has 1 amide bonds. The Balaban J connectivity index is 0.00000153. The van der Waals surface area contributed by atoms with Gasteiger partial charge < -0.3 is 10.4 Å². The molecule has 1 aliphatic rings. The third-order valence-electron chi connectivity index (χ3n) is 7.01. The number of carbonyl (C=O) groups is 1. The van der Waals surface area contributed by atoms with E-state index >= 15 is 0 Å². The monoisotopic (exact) mass is 552 g/mol. The van der Waals surface area contributed by atoms with E-state index in [-0.39, 0.29) is 23.6 Å². The van der Waals surface area contributed by atoms with Gasteiger partial charge >= 0.3 is 11.6 Å². The summed E-state index contributed by atoms with van der Waals surface area (Å²) in [5.74, 6) is 0.271. The van der Waals surface area contributed by atoms with Crippen LogP contribution in [0.4, 0.5) is 0 Å². The van der Waals surface area contributed by atoms with Crippen molar-refractivity contribution in [1.29, 1.82) is 0 Å². The zero-order valence-corrected chi connectivity index (χ0v) is 24.5. The Morgan fingerprint density at radius 1 is 1.27 bits per heavy atom. The topological polar surface area (TPSA) is 114 Å². The largest absolute Gasteiger partial charge is 0.388 e. The quantitative estimate of drug-likeness (QED) is 0.467. The summed E-state index contributed by atoms with van der Waals surface area (Å²) in [6.07, 6.45) is 8.03. The molecule has 1 saturated carbocycles. The van der Waals surface area contributed by atoms with Crippen molar-refractivity contribution in [3.05, 3.63) is 34.2 Å². The van der Waals surface area contributed by atoms with Crippen LogP contribution in [-0.2, 0) is 31.0 Å². The number of pyridine rings is 1. The van der Waals surface area contributed by atoms with Crippen molar-refractivity contribution in [1.82, 2.24) is 20.1 Å². The molecule has 2 aromatic heterocycles. The number of amides is 1. The maximum absolute atomic E-state index is 13.0. The fourth-order valence-corrected chi connectivity index (χ4v) is 4.89. The molecule has 2 N–H and O–H groups in total. The first-order valence-corrected chi connectivity index (χ1v) is 14.1. The van der Waals surface area contributed by atoms with Gasteiger partial charge in [0.2, 0.25) is 0 Å². The highest BCUT2D eigenvalue weighted by Gasteiger charge is 2.33. The van der Waals surface area contributed by atoms with Crippen LogP contribution in [0, 0.1) is 11.3 Å². The minimum Gasteiger partial charge on any atom is -0.388 e. The van der Waals surface area contributed by atoms with Crippen molar-refractivity contribution < 1.29 is 18.3 Å². The fraction of sp³-hybridized carbons (Fsp3) is 0.667. The number of nitrogens with zero attached hydrogens (tertiary/aromatic N) is 3. The van der Waals surface area contributed by atoms with Gasteiger partial charge in [0, 0.05) is 30.5 Å². The van der Waals surface area contributed by atoms with Gasteiger partial charge in [-0.3, -0.25) is 14.5 Å². The molecule has 0 bridgehead atoms. The predicted molar refractivity (Wildman–Crippen MR) is 147 cm³/mol. The van der Waals surface area contributed by atoms with Crippen LogP contribution in [0.2, 0.25) is 5.02 Å². The highest BCUT2D eigenvalue weighted by atomic mass is 35.5. The Morgan fingerprint density at radius 2 is 1.89 bits per heavy atom. The van der Waals surface area contributed by atoms with Crippen molar-refractivity contribution in [2.45, 2.75) is 98.6 Å². The molecule has 0 spiro atoms. The molecule has 0 unspecified atom stereocenters. The number of nitrogens with one attached hydrogen (secondary N) is 1. The van der Waals surface area contributed by atoms with Crippen molar-refractivity contribution in [3.63, 3.8) is 0 Å². The van der Waals surface area contributed by atoms with Gasteiger partial charge in [-0.2, -0.15) is 13.5 Å². The number of hydrogen-bond acceptors (Lipinski definition) is 6. The first kappa shape index (κ1) is 31.1. The smallest absolute Gasteiger partial charge is 0.335 e. The van der Waals surface area contributed by atoms with Gasteiger partial charge in [-0.05, 0) is 74.8 Å². The van der Waals surface area contributed by atoms with Crippen LogP contribution in [0.1, 0.15) is 95.4 Å². The third kappa shape index (κ3) is 8.72. The molecular weight excluding hydrogens is 512 g/mol. The summed E-state index contributed by atoms with van der Waals surface area (Å²) in [5, 5.41) is 18.6. The average molecular weight is 553 g/mol. The van der Waals surface area contributed by atoms with Crippen molar-refractivity contribution in [3.8, 4) is 11.3 Å². The van der Waals surface area contributed by atoms with E-state index in [0.717, 1.165) is 54.6 Å². The predicted octanol–water partition coefficient (Wildman–Crippen LogP) is 5.16. The van der Waals surface area contributed by atoms with Crippen molar-refractivity contribution >= 4 is 29.1 Å². The minimum absolute atomic E-state index is 0.199. The molecule has 0 aliphatic heterocycles. The number of aryl methyl sites for hydroxylation is 3. The normalized spacial score (nSPS) is 19.6. The van der Waals surface area contributed by atoms with E-state index in [0.29, 0.717) is 30.3 Å². The van der Waals surface area contributed by atoms with Crippen LogP contribution in [-0.4, -0.2) is 46.3 Å². The number of aromatic nitrogens is 3. The van der Waals surface area contributed by atoms with Crippen LogP contribution in [0.3, 0.4) is 0 Å². The standard InChI is InChI=1S/C27H41ClN4O2.O2S/c1-7-19-15-20(11-12-26(4,5)6)29-16-21(19)24-22(28)23(31-32(24)8-2)25(33)30-17-27(34)13-9-18(3)10-14-27;1-3-2/h15-16,18,34H,7-14,17H2,1-6H3,(H,30,33);. The molecule has 8 nitrogen and oxygen atoms in total. The molecule has 37 heavy (non-hydrogen) atoms. The second kappa shape index (κ2) is 13.6. The Kier molecular flexibility index (Phi) is 11.5. The molecule has 3 rings (SSSR count). The molecule has 206 valence electrons. The number of halogens is 1. The molecule has 1 fully saturated rings. The van der Waals surface area contributed by atoms with Crippen LogP contribution >= 0.6 is 11.6 Å². The molecule has 2 aromatic rings. The maximum atomic E-state index is 13.0. The number of carbonyl (C=O) groups excluding carboxylic acids is 1. The maximum Gasteiger partial charge on any atom is 0.335 e.